The van der Waals surface area contributed by atoms with Crippen LogP contribution < -0.4 is 0 Å². The van der Waals surface area contributed by atoms with Gasteiger partial charge in [-0.2, -0.15) is 0 Å². The van der Waals surface area contributed by atoms with Crippen LogP contribution in [0.5, 0.6) is 0 Å². The zero-order valence-electron chi connectivity index (χ0n) is 36.8. The van der Waals surface area contributed by atoms with Gasteiger partial charge in [0, 0.05) is 11.4 Å². The number of fused-ring (bicyclic) bond motifs is 10. The van der Waals surface area contributed by atoms with Crippen LogP contribution in [0.25, 0.3) is 123 Å². The molecule has 6 heteroatoms. The standard InChI is InChI=1S/C62H40N6/c1-3-13-41(14-4-1)43-25-29-45(30-26-43)47-17-11-19-51(37-47)65-57-35-33-49(39-59(57)67-55-23-9-7-21-53(55)63-61(65)67)50-34-36-58-60(40-50)68-56-24-10-8-22-54(56)64-62(68)66(58)52-20-12-18-48(38-52)46-31-27-44(28-32-46)42-15-5-2-6-16-42/h1-40H. The molecule has 4 heterocycles. The minimum Gasteiger partial charge on any atom is -0.278 e. The number of para-hydroxylation sites is 4. The van der Waals surface area contributed by atoms with Gasteiger partial charge in [-0.15, -0.1) is 0 Å². The van der Waals surface area contributed by atoms with Crippen molar-refractivity contribution in [3.05, 3.63) is 243 Å². The van der Waals surface area contributed by atoms with Crippen LogP contribution in [-0.2, 0) is 0 Å². The van der Waals surface area contributed by atoms with Crippen molar-refractivity contribution in [2.75, 3.05) is 0 Å². The zero-order valence-corrected chi connectivity index (χ0v) is 36.8. The molecule has 10 aromatic carbocycles. The number of hydrogen-bond acceptors (Lipinski definition) is 2. The summed E-state index contributed by atoms with van der Waals surface area (Å²) in [4.78, 5) is 10.5. The second-order valence-corrected chi connectivity index (χ2v) is 17.5. The molecule has 14 rings (SSSR count). The molecule has 0 aliphatic rings. The first-order valence-electron chi connectivity index (χ1n) is 23.1. The molecule has 0 radical (unpaired) electrons. The highest BCUT2D eigenvalue weighted by molar-refractivity contribution is 5.97. The van der Waals surface area contributed by atoms with Gasteiger partial charge in [-0.25, -0.2) is 9.97 Å². The second kappa shape index (κ2) is 15.2. The zero-order chi connectivity index (χ0) is 44.7. The third kappa shape index (κ3) is 6.05. The Morgan fingerprint density at radius 3 is 0.971 bits per heavy atom. The van der Waals surface area contributed by atoms with E-state index < -0.39 is 0 Å². The lowest BCUT2D eigenvalue weighted by Crippen LogP contribution is -1.96. The summed E-state index contributed by atoms with van der Waals surface area (Å²) in [5.74, 6) is 1.76. The van der Waals surface area contributed by atoms with E-state index in [4.69, 9.17) is 9.97 Å². The van der Waals surface area contributed by atoms with Crippen LogP contribution in [0.4, 0.5) is 0 Å². The van der Waals surface area contributed by atoms with Crippen LogP contribution in [-0.4, -0.2) is 27.9 Å². The Hall–Kier alpha value is -9.26. The van der Waals surface area contributed by atoms with Gasteiger partial charge in [0.2, 0.25) is 11.6 Å². The van der Waals surface area contributed by atoms with Crippen LogP contribution in [0, 0.1) is 0 Å². The van der Waals surface area contributed by atoms with Gasteiger partial charge in [0.1, 0.15) is 0 Å². The number of aromatic nitrogens is 6. The maximum absolute atomic E-state index is 5.26. The lowest BCUT2D eigenvalue weighted by atomic mass is 10.00. The predicted octanol–water partition coefficient (Wildman–Crippen LogP) is 15.5. The molecule has 0 atom stereocenters. The first-order chi connectivity index (χ1) is 33.7. The number of hydrogen-bond donors (Lipinski definition) is 0. The predicted molar refractivity (Wildman–Crippen MR) is 280 cm³/mol. The van der Waals surface area contributed by atoms with Crippen LogP contribution in [0.3, 0.4) is 0 Å². The van der Waals surface area contributed by atoms with Crippen LogP contribution >= 0.6 is 0 Å². The molecular weight excluding hydrogens is 829 g/mol. The summed E-state index contributed by atoms with van der Waals surface area (Å²) in [5.41, 5.74) is 22.2. The van der Waals surface area contributed by atoms with Crippen molar-refractivity contribution in [1.29, 1.82) is 0 Å². The maximum atomic E-state index is 5.26. The van der Waals surface area contributed by atoms with Crippen molar-refractivity contribution in [3.8, 4) is 67.0 Å². The minimum absolute atomic E-state index is 0.878. The molecule has 68 heavy (non-hydrogen) atoms. The molecule has 0 aliphatic carbocycles. The van der Waals surface area contributed by atoms with Crippen molar-refractivity contribution in [1.82, 2.24) is 27.9 Å². The van der Waals surface area contributed by atoms with Crippen LogP contribution in [0.2, 0.25) is 0 Å². The number of rotatable bonds is 7. The molecule has 0 N–H and O–H groups in total. The van der Waals surface area contributed by atoms with Crippen LogP contribution in [0.15, 0.2) is 243 Å². The van der Waals surface area contributed by atoms with Gasteiger partial charge >= 0.3 is 0 Å². The summed E-state index contributed by atoms with van der Waals surface area (Å²) >= 11 is 0. The van der Waals surface area contributed by atoms with Gasteiger partial charge in [0.15, 0.2) is 0 Å². The Labute approximate surface area is 391 Å². The maximum Gasteiger partial charge on any atom is 0.220 e. The van der Waals surface area contributed by atoms with E-state index in [0.717, 1.165) is 89.3 Å². The van der Waals surface area contributed by atoms with Gasteiger partial charge in [-0.3, -0.25) is 17.9 Å². The molecule has 0 bridgehead atoms. The molecule has 14 aromatic rings. The average molecular weight is 869 g/mol. The minimum atomic E-state index is 0.878. The van der Waals surface area contributed by atoms with E-state index in [2.05, 4.69) is 261 Å². The molecule has 0 amide bonds. The summed E-state index contributed by atoms with van der Waals surface area (Å²) in [6, 6.07) is 86.9. The van der Waals surface area contributed by atoms with E-state index in [1.54, 1.807) is 0 Å². The molecule has 0 saturated heterocycles. The highest BCUT2D eigenvalue weighted by atomic mass is 15.2. The Morgan fingerprint density at radius 2 is 0.544 bits per heavy atom. The topological polar surface area (TPSA) is 44.5 Å². The largest absolute Gasteiger partial charge is 0.278 e. The first kappa shape index (κ1) is 38.1. The lowest BCUT2D eigenvalue weighted by molar-refractivity contribution is 1.11. The monoisotopic (exact) mass is 868 g/mol. The van der Waals surface area contributed by atoms with Crippen LogP contribution in [0.1, 0.15) is 0 Å². The molecule has 0 aliphatic heterocycles. The molecule has 0 unspecified atom stereocenters. The van der Waals surface area contributed by atoms with Crippen molar-refractivity contribution in [3.63, 3.8) is 0 Å². The Bertz CT molecular complexity index is 3950. The van der Waals surface area contributed by atoms with Gasteiger partial charge in [-0.1, -0.05) is 170 Å². The first-order valence-corrected chi connectivity index (χ1v) is 23.1. The molecule has 0 saturated carbocycles. The third-order valence-corrected chi connectivity index (χ3v) is 13.6. The summed E-state index contributed by atoms with van der Waals surface area (Å²) < 4.78 is 9.23. The van der Waals surface area contributed by atoms with Crippen molar-refractivity contribution in [2.24, 2.45) is 0 Å². The Balaban J connectivity index is 0.895. The normalized spacial score (nSPS) is 11.8. The Morgan fingerprint density at radius 1 is 0.221 bits per heavy atom. The molecule has 318 valence electrons. The fraction of sp³-hybridized carbons (Fsp3) is 0. The molecule has 0 fully saturated rings. The van der Waals surface area contributed by atoms with Crippen molar-refractivity contribution >= 4 is 55.7 Å². The Kier molecular flexibility index (Phi) is 8.48. The fourth-order valence-electron chi connectivity index (χ4n) is 10.3. The summed E-state index contributed by atoms with van der Waals surface area (Å²) in [6.07, 6.45) is 0. The van der Waals surface area contributed by atoms with E-state index in [1.807, 2.05) is 0 Å². The lowest BCUT2D eigenvalue weighted by Gasteiger charge is -2.10. The SMILES string of the molecule is c1ccc(-c2ccc(-c3cccc(-n4c5ccc(-c6ccc7c(c6)n6c8ccccc8nc6n7-c6cccc(-c7ccc(-c8ccccc8)cc7)c6)cc5n5c6ccccc6nc45)c3)cc2)cc1. The van der Waals surface area contributed by atoms with Gasteiger partial charge in [-0.05, 0) is 128 Å². The molecule has 6 nitrogen and oxygen atoms in total. The quantitative estimate of drug-likeness (QED) is 0.160. The van der Waals surface area contributed by atoms with Crippen molar-refractivity contribution < 1.29 is 0 Å². The van der Waals surface area contributed by atoms with E-state index >= 15 is 0 Å². The number of imidazole rings is 4. The molecule has 0 spiro atoms. The second-order valence-electron chi connectivity index (χ2n) is 17.5. The highest BCUT2D eigenvalue weighted by Crippen LogP contribution is 2.37. The summed E-state index contributed by atoms with van der Waals surface area (Å²) in [7, 11) is 0. The number of benzene rings is 10. The summed E-state index contributed by atoms with van der Waals surface area (Å²) in [5, 5.41) is 0. The van der Waals surface area contributed by atoms with Gasteiger partial charge < -0.3 is 0 Å². The molecule has 4 aromatic heterocycles. The summed E-state index contributed by atoms with van der Waals surface area (Å²) in [6.45, 7) is 0. The smallest absolute Gasteiger partial charge is 0.220 e. The average Bonchev–Trinajstić information content (AvgIpc) is 4.15. The highest BCUT2D eigenvalue weighted by Gasteiger charge is 2.21. The number of nitrogens with zero attached hydrogens (tertiary/aromatic N) is 6. The fourth-order valence-corrected chi connectivity index (χ4v) is 10.3. The van der Waals surface area contributed by atoms with E-state index in [1.165, 1.54) is 33.4 Å². The van der Waals surface area contributed by atoms with Gasteiger partial charge in [0.25, 0.3) is 0 Å². The van der Waals surface area contributed by atoms with E-state index in [9.17, 15) is 0 Å². The van der Waals surface area contributed by atoms with E-state index in [-0.39, 0.29) is 0 Å². The molecular formula is C62H40N6. The van der Waals surface area contributed by atoms with E-state index in [0.29, 0.717) is 0 Å². The van der Waals surface area contributed by atoms with Gasteiger partial charge in [0.05, 0.1) is 44.1 Å². The third-order valence-electron chi connectivity index (χ3n) is 13.6. The van der Waals surface area contributed by atoms with Crippen molar-refractivity contribution in [2.45, 2.75) is 0 Å².